The number of benzene rings is 3. The van der Waals surface area contributed by atoms with Crippen molar-refractivity contribution in [2.45, 2.75) is 90.6 Å². The second-order valence-electron chi connectivity index (χ2n) is 13.1. The molecule has 0 unspecified atom stereocenters. The number of carbonyl (C=O) groups is 2. The lowest BCUT2D eigenvalue weighted by molar-refractivity contribution is 0.0509. The molecule has 0 radical (unpaired) electrons. The van der Waals surface area contributed by atoms with Gasteiger partial charge in [-0.2, -0.15) is 0 Å². The van der Waals surface area contributed by atoms with Gasteiger partial charge in [0.15, 0.2) is 0 Å². The molecule has 10 nitrogen and oxygen atoms in total. The first-order valence-electron chi connectivity index (χ1n) is 17.4. The van der Waals surface area contributed by atoms with Gasteiger partial charge in [-0.05, 0) is 84.0 Å². The normalized spacial score (nSPS) is 10.3. The van der Waals surface area contributed by atoms with Gasteiger partial charge in [-0.1, -0.05) is 107 Å². The van der Waals surface area contributed by atoms with Crippen LogP contribution >= 0.6 is 28.3 Å². The van der Waals surface area contributed by atoms with Crippen LogP contribution < -0.4 is 16.4 Å². The minimum absolute atomic E-state index is 0. The van der Waals surface area contributed by atoms with E-state index in [4.69, 9.17) is 29.8 Å². The van der Waals surface area contributed by atoms with Crippen molar-refractivity contribution >= 4 is 40.5 Å². The molecule has 0 spiro atoms. The number of alkyl halides is 1. The highest BCUT2D eigenvalue weighted by Crippen LogP contribution is 2.07. The molecule has 294 valence electrons. The summed E-state index contributed by atoms with van der Waals surface area (Å²) in [6.07, 6.45) is 1.45. The van der Waals surface area contributed by atoms with Gasteiger partial charge in [0.25, 0.3) is 0 Å². The number of carbonyl (C=O) groups excluding carboxylic acids is 2. The molecule has 3 rings (SSSR count). The van der Waals surface area contributed by atoms with Crippen LogP contribution in [0.15, 0.2) is 91.0 Å². The van der Waals surface area contributed by atoms with Crippen LogP contribution in [0, 0.1) is 0 Å². The van der Waals surface area contributed by atoms with E-state index in [9.17, 15) is 9.59 Å². The fourth-order valence-corrected chi connectivity index (χ4v) is 3.92. The van der Waals surface area contributed by atoms with E-state index >= 15 is 0 Å². The Morgan fingerprint density at radius 3 is 1.33 bits per heavy atom. The van der Waals surface area contributed by atoms with E-state index in [0.717, 1.165) is 30.3 Å². The Balaban J connectivity index is 0. The van der Waals surface area contributed by atoms with E-state index in [1.54, 1.807) is 20.8 Å². The van der Waals surface area contributed by atoms with Crippen molar-refractivity contribution in [1.29, 1.82) is 0 Å². The number of alkyl carbamates (subject to hydrolysis) is 2. The Hall–Kier alpha value is -3.19. The van der Waals surface area contributed by atoms with Crippen molar-refractivity contribution < 1.29 is 33.6 Å². The predicted molar refractivity (Wildman–Crippen MR) is 217 cm³/mol. The zero-order valence-corrected chi connectivity index (χ0v) is 34.3. The smallest absolute Gasteiger partial charge is 0.407 e. The first-order valence-corrected chi connectivity index (χ1v) is 18.5. The number of nitrogens with one attached hydrogen (secondary N) is 2. The number of aliphatic hydroxyl groups excluding tert-OH is 1. The molecule has 2 amide bonds. The van der Waals surface area contributed by atoms with Gasteiger partial charge in [0, 0.05) is 38.2 Å². The lowest BCUT2D eigenvalue weighted by atomic mass is 10.2. The van der Waals surface area contributed by atoms with Gasteiger partial charge in [0.1, 0.15) is 11.2 Å². The quantitative estimate of drug-likeness (QED) is 0.0884. The minimum Gasteiger partial charge on any atom is -0.444 e. The average Bonchev–Trinajstić information content (AvgIpc) is 3.09. The first-order chi connectivity index (χ1) is 24.3. The van der Waals surface area contributed by atoms with Gasteiger partial charge in [0.05, 0.1) is 13.2 Å². The summed E-state index contributed by atoms with van der Waals surface area (Å²) >= 11 is 3.36. The van der Waals surface area contributed by atoms with Crippen LogP contribution in [-0.2, 0) is 37.5 Å². The van der Waals surface area contributed by atoms with E-state index < -0.39 is 17.3 Å². The van der Waals surface area contributed by atoms with Gasteiger partial charge < -0.3 is 40.4 Å². The summed E-state index contributed by atoms with van der Waals surface area (Å²) in [5.74, 6) is 0. The Kier molecular flexibility index (Phi) is 31.8. The summed E-state index contributed by atoms with van der Waals surface area (Å²) < 4.78 is 21.0. The third kappa shape index (κ3) is 35.2. The van der Waals surface area contributed by atoms with Crippen molar-refractivity contribution in [3.8, 4) is 0 Å². The number of rotatable bonds is 15. The lowest BCUT2D eigenvalue weighted by Gasteiger charge is -2.19. The summed E-state index contributed by atoms with van der Waals surface area (Å²) in [6.45, 7) is 15.4. The summed E-state index contributed by atoms with van der Waals surface area (Å²) in [5, 5.41) is 14.6. The molecular weight excluding hydrogens is 750 g/mol. The number of hydrogen-bond donors (Lipinski definition) is 4. The van der Waals surface area contributed by atoms with E-state index in [-0.39, 0.29) is 25.1 Å². The Labute approximate surface area is 327 Å². The van der Waals surface area contributed by atoms with Crippen LogP contribution in [0.2, 0.25) is 0 Å². The second-order valence-corrected chi connectivity index (χ2v) is 13.7. The molecule has 5 N–H and O–H groups in total. The SMILES string of the molecule is BrCc1ccccc1.CC(C)(C)OC(=O)NCCCO.CC(C)(C)OC(=O)NCCCOCc1ccccc1.Cl.NCCCOCc1ccccc1. The second kappa shape index (κ2) is 32.5. The summed E-state index contributed by atoms with van der Waals surface area (Å²) in [7, 11) is 0. The number of amides is 2. The largest absolute Gasteiger partial charge is 0.444 e. The number of aliphatic hydroxyl groups is 1. The Bertz CT molecular complexity index is 1250. The topological polar surface area (TPSA) is 141 Å². The monoisotopic (exact) mass is 811 g/mol. The van der Waals surface area contributed by atoms with Gasteiger partial charge in [-0.3, -0.25) is 0 Å². The van der Waals surface area contributed by atoms with Crippen LogP contribution in [-0.4, -0.2) is 68.0 Å². The number of nitrogens with two attached hydrogens (primary N) is 1. The minimum atomic E-state index is -0.455. The van der Waals surface area contributed by atoms with Crippen LogP contribution in [0.3, 0.4) is 0 Å². The third-order valence-corrected chi connectivity index (χ3v) is 6.50. The van der Waals surface area contributed by atoms with E-state index in [0.29, 0.717) is 45.9 Å². The van der Waals surface area contributed by atoms with E-state index in [1.807, 2.05) is 87.5 Å². The summed E-state index contributed by atoms with van der Waals surface area (Å²) in [4.78, 5) is 22.3. The third-order valence-electron chi connectivity index (χ3n) is 5.85. The average molecular weight is 813 g/mol. The molecule has 0 saturated heterocycles. The van der Waals surface area contributed by atoms with Crippen molar-refractivity contribution in [1.82, 2.24) is 10.6 Å². The highest BCUT2D eigenvalue weighted by Gasteiger charge is 2.16. The highest BCUT2D eigenvalue weighted by molar-refractivity contribution is 9.08. The number of ether oxygens (including phenoxy) is 4. The molecule has 12 heteroatoms. The van der Waals surface area contributed by atoms with E-state index in [1.165, 1.54) is 11.1 Å². The highest BCUT2D eigenvalue weighted by atomic mass is 79.9. The van der Waals surface area contributed by atoms with Gasteiger partial charge in [0.2, 0.25) is 0 Å². The van der Waals surface area contributed by atoms with Crippen molar-refractivity contribution in [2.24, 2.45) is 5.73 Å². The maximum Gasteiger partial charge on any atom is 0.407 e. The molecule has 0 atom stereocenters. The van der Waals surface area contributed by atoms with Crippen LogP contribution in [0.1, 0.15) is 77.5 Å². The molecule has 0 bridgehead atoms. The maximum atomic E-state index is 11.3. The zero-order chi connectivity index (χ0) is 38.2. The number of halogens is 2. The molecular formula is C40H63BrClN3O7. The van der Waals surface area contributed by atoms with Gasteiger partial charge in [-0.15, -0.1) is 12.4 Å². The van der Waals surface area contributed by atoms with Crippen LogP contribution in [0.25, 0.3) is 0 Å². The molecule has 0 aromatic heterocycles. The van der Waals surface area contributed by atoms with Crippen molar-refractivity contribution in [2.75, 3.05) is 39.5 Å². The van der Waals surface area contributed by atoms with Gasteiger partial charge >= 0.3 is 12.2 Å². The van der Waals surface area contributed by atoms with Gasteiger partial charge in [-0.25, -0.2) is 9.59 Å². The number of hydrogen-bond acceptors (Lipinski definition) is 8. The Morgan fingerprint density at radius 1 is 0.635 bits per heavy atom. The molecule has 0 aliphatic carbocycles. The first kappa shape index (κ1) is 50.9. The summed E-state index contributed by atoms with van der Waals surface area (Å²) in [6, 6.07) is 30.4. The molecule has 3 aromatic carbocycles. The molecule has 0 aliphatic rings. The van der Waals surface area contributed by atoms with E-state index in [2.05, 4.69) is 50.8 Å². The molecule has 0 saturated carbocycles. The van der Waals surface area contributed by atoms with Crippen LogP contribution in [0.5, 0.6) is 0 Å². The molecule has 0 aliphatic heterocycles. The van der Waals surface area contributed by atoms with Crippen LogP contribution in [0.4, 0.5) is 9.59 Å². The maximum absolute atomic E-state index is 11.3. The fourth-order valence-electron chi connectivity index (χ4n) is 3.54. The molecule has 0 fully saturated rings. The lowest BCUT2D eigenvalue weighted by Crippen LogP contribution is -2.33. The predicted octanol–water partition coefficient (Wildman–Crippen LogP) is 8.57. The molecule has 52 heavy (non-hydrogen) atoms. The van der Waals surface area contributed by atoms with Crippen molar-refractivity contribution in [3.63, 3.8) is 0 Å². The van der Waals surface area contributed by atoms with Crippen molar-refractivity contribution in [3.05, 3.63) is 108 Å². The molecule has 0 heterocycles. The summed E-state index contributed by atoms with van der Waals surface area (Å²) in [5.41, 5.74) is 8.12. The fraction of sp³-hybridized carbons (Fsp3) is 0.500. The standard InChI is InChI=1S/C15H23NO3.C10H15NO.C8H17NO3.C7H7Br.ClH/c1-15(2,3)19-14(17)16-10-7-11-18-12-13-8-5-4-6-9-13;11-7-4-8-12-9-10-5-2-1-3-6-10;1-8(2,3)12-7(11)9-5-4-6-10;8-6-7-4-2-1-3-5-7;/h4-6,8-9H,7,10-12H2,1-3H3,(H,16,17);1-3,5-6H,4,7-9,11H2;10H,4-6H2,1-3H3,(H,9,11);1-5H,6H2;1H. The Morgan fingerprint density at radius 2 is 1.00 bits per heavy atom. The molecule has 3 aromatic rings. The zero-order valence-electron chi connectivity index (χ0n) is 31.9.